The van der Waals surface area contributed by atoms with Crippen LogP contribution in [0.2, 0.25) is 5.02 Å². The average molecular weight is 377 g/mol. The van der Waals surface area contributed by atoms with E-state index in [4.69, 9.17) is 16.3 Å². The van der Waals surface area contributed by atoms with Gasteiger partial charge in [0.25, 0.3) is 0 Å². The van der Waals surface area contributed by atoms with E-state index in [0.29, 0.717) is 16.7 Å². The fourth-order valence-electron chi connectivity index (χ4n) is 1.27. The predicted octanol–water partition coefficient (Wildman–Crippen LogP) is 5.36. The molecule has 2 rings (SSSR count). The predicted molar refractivity (Wildman–Crippen MR) is 75.9 cm³/mol. The van der Waals surface area contributed by atoms with Crippen LogP contribution in [0.4, 0.5) is 0 Å². The third-order valence-corrected chi connectivity index (χ3v) is 3.46. The molecular weight excluding hydrogens is 369 g/mol. The number of benzene rings is 1. The van der Waals surface area contributed by atoms with Gasteiger partial charge in [0, 0.05) is 6.20 Å². The maximum atomic E-state index is 5.81. The smallest absolute Gasteiger partial charge is 0.233 e. The van der Waals surface area contributed by atoms with Crippen LogP contribution in [0, 0.1) is 6.92 Å². The second kappa shape index (κ2) is 5.38. The normalized spacial score (nSPS) is 10.4. The van der Waals surface area contributed by atoms with Crippen molar-refractivity contribution in [3.8, 4) is 11.6 Å². The molecule has 0 radical (unpaired) electrons. The highest BCUT2D eigenvalue weighted by Gasteiger charge is 2.08. The van der Waals surface area contributed by atoms with Gasteiger partial charge in [-0.1, -0.05) is 17.7 Å². The highest BCUT2D eigenvalue weighted by Crippen LogP contribution is 2.33. The van der Waals surface area contributed by atoms with Crippen molar-refractivity contribution in [1.82, 2.24) is 4.98 Å². The average Bonchev–Trinajstić information content (AvgIpc) is 2.25. The van der Waals surface area contributed by atoms with Gasteiger partial charge < -0.3 is 4.74 Å². The molecule has 2 nitrogen and oxygen atoms in total. The Morgan fingerprint density at radius 3 is 2.59 bits per heavy atom. The monoisotopic (exact) mass is 375 g/mol. The molecule has 1 heterocycles. The molecule has 0 fully saturated rings. The summed E-state index contributed by atoms with van der Waals surface area (Å²) >= 11 is 12.6. The van der Waals surface area contributed by atoms with Gasteiger partial charge in [-0.2, -0.15) is 0 Å². The molecule has 0 spiro atoms. The van der Waals surface area contributed by atoms with Gasteiger partial charge in [-0.05, 0) is 62.5 Å². The van der Waals surface area contributed by atoms with Gasteiger partial charge in [0.2, 0.25) is 5.88 Å². The zero-order valence-corrected chi connectivity index (χ0v) is 12.8. The van der Waals surface area contributed by atoms with Crippen molar-refractivity contribution in [1.29, 1.82) is 0 Å². The molecule has 0 aliphatic heterocycles. The molecule has 0 atom stereocenters. The molecule has 17 heavy (non-hydrogen) atoms. The molecule has 0 saturated heterocycles. The van der Waals surface area contributed by atoms with Crippen molar-refractivity contribution in [3.05, 3.63) is 50.0 Å². The van der Waals surface area contributed by atoms with Crippen molar-refractivity contribution in [2.75, 3.05) is 0 Å². The molecule has 1 aromatic carbocycles. The summed E-state index contributed by atoms with van der Waals surface area (Å²) in [6.07, 6.45) is 1.55. The van der Waals surface area contributed by atoms with Gasteiger partial charge >= 0.3 is 0 Å². The minimum absolute atomic E-state index is 0.485. The molecular formula is C12H8Br2ClNO. The van der Waals surface area contributed by atoms with Crippen molar-refractivity contribution in [3.63, 3.8) is 0 Å². The maximum absolute atomic E-state index is 5.81. The first-order valence-electron chi connectivity index (χ1n) is 4.81. The number of pyridine rings is 1. The van der Waals surface area contributed by atoms with Crippen LogP contribution in [0.25, 0.3) is 0 Å². The first kappa shape index (κ1) is 12.9. The zero-order chi connectivity index (χ0) is 12.4. The highest BCUT2D eigenvalue weighted by atomic mass is 79.9. The lowest BCUT2D eigenvalue weighted by atomic mass is 10.2. The lowest BCUT2D eigenvalue weighted by Gasteiger charge is -2.08. The molecule has 88 valence electrons. The van der Waals surface area contributed by atoms with E-state index in [-0.39, 0.29) is 0 Å². The second-order valence-corrected chi connectivity index (χ2v) is 5.62. The van der Waals surface area contributed by atoms with E-state index in [1.54, 1.807) is 12.3 Å². The molecule has 0 N–H and O–H groups in total. The number of ether oxygens (including phenoxy) is 1. The van der Waals surface area contributed by atoms with Crippen molar-refractivity contribution in [2.45, 2.75) is 6.92 Å². The van der Waals surface area contributed by atoms with E-state index in [0.717, 1.165) is 14.5 Å². The van der Waals surface area contributed by atoms with Crippen LogP contribution in [0.3, 0.4) is 0 Å². The fraction of sp³-hybridized carbons (Fsp3) is 0.0833. The standard InChI is InChI=1S/C12H8Br2ClNO/c1-7-2-3-11(9(13)4-7)17-12-10(14)5-8(15)6-16-12/h2-6H,1H3. The summed E-state index contributed by atoms with van der Waals surface area (Å²) < 4.78 is 7.30. The van der Waals surface area contributed by atoms with E-state index < -0.39 is 0 Å². The first-order valence-corrected chi connectivity index (χ1v) is 6.78. The zero-order valence-electron chi connectivity index (χ0n) is 8.88. The van der Waals surface area contributed by atoms with Gasteiger partial charge in [0.05, 0.1) is 14.0 Å². The summed E-state index contributed by atoms with van der Waals surface area (Å²) in [5.41, 5.74) is 1.16. The minimum Gasteiger partial charge on any atom is -0.437 e. The maximum Gasteiger partial charge on any atom is 0.233 e. The van der Waals surface area contributed by atoms with Crippen LogP contribution < -0.4 is 4.74 Å². The lowest BCUT2D eigenvalue weighted by molar-refractivity contribution is 0.457. The second-order valence-electron chi connectivity index (χ2n) is 3.48. The topological polar surface area (TPSA) is 22.1 Å². The van der Waals surface area contributed by atoms with Gasteiger partial charge in [-0.15, -0.1) is 0 Å². The van der Waals surface area contributed by atoms with E-state index in [9.17, 15) is 0 Å². The van der Waals surface area contributed by atoms with Crippen LogP contribution in [-0.4, -0.2) is 4.98 Å². The number of nitrogens with zero attached hydrogens (tertiary/aromatic N) is 1. The Hall–Kier alpha value is -0.580. The van der Waals surface area contributed by atoms with E-state index in [2.05, 4.69) is 36.8 Å². The van der Waals surface area contributed by atoms with E-state index >= 15 is 0 Å². The third kappa shape index (κ3) is 3.21. The molecule has 2 aromatic rings. The van der Waals surface area contributed by atoms with Crippen LogP contribution in [0.5, 0.6) is 11.6 Å². The van der Waals surface area contributed by atoms with Crippen LogP contribution in [0.1, 0.15) is 5.56 Å². The summed E-state index contributed by atoms with van der Waals surface area (Å²) in [5, 5.41) is 0.562. The Morgan fingerprint density at radius 1 is 1.18 bits per heavy atom. The lowest BCUT2D eigenvalue weighted by Crippen LogP contribution is -1.90. The molecule has 5 heteroatoms. The Morgan fingerprint density at radius 2 is 1.94 bits per heavy atom. The first-order chi connectivity index (χ1) is 8.06. The number of aryl methyl sites for hydroxylation is 1. The van der Waals surface area contributed by atoms with Crippen LogP contribution in [-0.2, 0) is 0 Å². The summed E-state index contributed by atoms with van der Waals surface area (Å²) in [6, 6.07) is 7.59. The molecule has 1 aromatic heterocycles. The van der Waals surface area contributed by atoms with Crippen molar-refractivity contribution >= 4 is 43.5 Å². The molecule has 0 aliphatic carbocycles. The Labute approximate surface area is 121 Å². The number of aromatic nitrogens is 1. The molecule has 0 unspecified atom stereocenters. The quantitative estimate of drug-likeness (QED) is 0.703. The molecule has 0 saturated carbocycles. The number of hydrogen-bond acceptors (Lipinski definition) is 2. The highest BCUT2D eigenvalue weighted by molar-refractivity contribution is 9.11. The Bertz CT molecular complexity index is 511. The van der Waals surface area contributed by atoms with Gasteiger partial charge in [0.15, 0.2) is 0 Å². The summed E-state index contributed by atoms with van der Waals surface area (Å²) in [6.45, 7) is 2.02. The van der Waals surface area contributed by atoms with Crippen LogP contribution in [0.15, 0.2) is 39.4 Å². The summed E-state index contributed by atoms with van der Waals surface area (Å²) in [4.78, 5) is 4.11. The number of rotatable bonds is 2. The summed E-state index contributed by atoms with van der Waals surface area (Å²) in [7, 11) is 0. The summed E-state index contributed by atoms with van der Waals surface area (Å²) in [5.74, 6) is 1.20. The van der Waals surface area contributed by atoms with Crippen molar-refractivity contribution in [2.24, 2.45) is 0 Å². The van der Waals surface area contributed by atoms with Crippen molar-refractivity contribution < 1.29 is 4.74 Å². The Balaban J connectivity index is 2.31. The van der Waals surface area contributed by atoms with Gasteiger partial charge in [-0.25, -0.2) is 4.98 Å². The van der Waals surface area contributed by atoms with Gasteiger partial charge in [-0.3, -0.25) is 0 Å². The number of hydrogen-bond donors (Lipinski definition) is 0. The third-order valence-electron chi connectivity index (χ3n) is 2.07. The molecule has 0 amide bonds. The minimum atomic E-state index is 0.485. The number of halogens is 3. The van der Waals surface area contributed by atoms with Gasteiger partial charge in [0.1, 0.15) is 5.75 Å². The fourth-order valence-corrected chi connectivity index (χ4v) is 2.56. The van der Waals surface area contributed by atoms with Crippen LogP contribution >= 0.6 is 43.5 Å². The largest absolute Gasteiger partial charge is 0.437 e. The molecule has 0 bridgehead atoms. The Kier molecular flexibility index (Phi) is 4.07. The SMILES string of the molecule is Cc1ccc(Oc2ncc(Cl)cc2Br)c(Br)c1. The molecule has 0 aliphatic rings. The van der Waals surface area contributed by atoms with E-state index in [1.165, 1.54) is 0 Å². The van der Waals surface area contributed by atoms with E-state index in [1.807, 2.05) is 25.1 Å².